The molecule has 10 heteroatoms. The van der Waals surface area contributed by atoms with Crippen molar-refractivity contribution in [3.63, 3.8) is 0 Å². The molecule has 0 aromatic heterocycles. The average Bonchev–Trinajstić information content (AvgIpc) is 2.70. The van der Waals surface area contributed by atoms with Crippen LogP contribution in [0.3, 0.4) is 0 Å². The van der Waals surface area contributed by atoms with Gasteiger partial charge in [-0.25, -0.2) is 4.39 Å². The van der Waals surface area contributed by atoms with Crippen LogP contribution in [0.25, 0.3) is 5.76 Å². The Kier molecular flexibility index (Phi) is 6.62. The van der Waals surface area contributed by atoms with E-state index < -0.39 is 39.4 Å². The fourth-order valence-corrected chi connectivity index (χ4v) is 2.73. The second-order valence-corrected chi connectivity index (χ2v) is 6.46. The summed E-state index contributed by atoms with van der Waals surface area (Å²) in [6.45, 7) is -0.269. The van der Waals surface area contributed by atoms with Crippen LogP contribution in [0.15, 0.2) is 35.9 Å². The predicted molar refractivity (Wildman–Crippen MR) is 106 cm³/mol. The molecule has 0 saturated heterocycles. The van der Waals surface area contributed by atoms with Gasteiger partial charge in [0.15, 0.2) is 5.57 Å². The molecule has 152 valence electrons. The Balaban J connectivity index is 2.49. The number of benzene rings is 2. The molecule has 0 aliphatic rings. The Morgan fingerprint density at radius 2 is 2.07 bits per heavy atom. The minimum atomic E-state index is -0.979. The summed E-state index contributed by atoms with van der Waals surface area (Å²) in [4.78, 5) is 23.8. The smallest absolute Gasteiger partial charge is 0.312 e. The molecular formula is C20H13ClFN3O5. The molecule has 2 aromatic carbocycles. The Morgan fingerprint density at radius 1 is 1.40 bits per heavy atom. The number of nitro benzene ring substituents is 1. The van der Waals surface area contributed by atoms with Gasteiger partial charge in [-0.05, 0) is 24.3 Å². The van der Waals surface area contributed by atoms with E-state index in [1.807, 2.05) is 5.92 Å². The van der Waals surface area contributed by atoms with Gasteiger partial charge in [0, 0.05) is 35.8 Å². The number of phenols is 1. The number of carbonyl (C=O) groups excluding carboxylic acids is 1. The van der Waals surface area contributed by atoms with Crippen molar-refractivity contribution in [3.8, 4) is 24.2 Å². The number of amides is 1. The van der Waals surface area contributed by atoms with Crippen molar-refractivity contribution in [1.82, 2.24) is 4.90 Å². The lowest BCUT2D eigenvalue weighted by Crippen LogP contribution is -2.28. The number of nitriles is 1. The van der Waals surface area contributed by atoms with E-state index in [0.29, 0.717) is 0 Å². The minimum Gasteiger partial charge on any atom is -0.506 e. The van der Waals surface area contributed by atoms with Gasteiger partial charge in [0.1, 0.15) is 17.6 Å². The van der Waals surface area contributed by atoms with Gasteiger partial charge in [-0.1, -0.05) is 17.5 Å². The highest BCUT2D eigenvalue weighted by molar-refractivity contribution is 6.30. The Morgan fingerprint density at radius 3 is 2.63 bits per heavy atom. The lowest BCUT2D eigenvalue weighted by molar-refractivity contribution is -0.385. The third-order valence-corrected chi connectivity index (χ3v) is 4.27. The molecule has 2 rings (SSSR count). The highest BCUT2D eigenvalue weighted by Crippen LogP contribution is 2.33. The maximum Gasteiger partial charge on any atom is 0.312 e. The summed E-state index contributed by atoms with van der Waals surface area (Å²) in [6.07, 6.45) is 5.20. The van der Waals surface area contributed by atoms with Crippen LogP contribution in [0.5, 0.6) is 5.75 Å². The van der Waals surface area contributed by atoms with Crippen molar-refractivity contribution in [3.05, 3.63) is 73.5 Å². The third-order valence-electron chi connectivity index (χ3n) is 4.04. The van der Waals surface area contributed by atoms with Gasteiger partial charge in [-0.15, -0.1) is 6.42 Å². The van der Waals surface area contributed by atoms with E-state index in [0.717, 1.165) is 23.1 Å². The molecule has 0 saturated carbocycles. The minimum absolute atomic E-state index is 0.0741. The maximum absolute atomic E-state index is 13.9. The average molecular weight is 430 g/mol. The van der Waals surface area contributed by atoms with Gasteiger partial charge in [-0.2, -0.15) is 5.26 Å². The monoisotopic (exact) mass is 429 g/mol. The van der Waals surface area contributed by atoms with Crippen LogP contribution in [0.1, 0.15) is 16.7 Å². The molecule has 0 spiro atoms. The van der Waals surface area contributed by atoms with E-state index in [1.165, 1.54) is 25.2 Å². The molecule has 8 nitrogen and oxygen atoms in total. The van der Waals surface area contributed by atoms with E-state index in [2.05, 4.69) is 0 Å². The molecule has 1 amide bonds. The fourth-order valence-electron chi connectivity index (χ4n) is 2.53. The Hall–Kier alpha value is -4.08. The summed E-state index contributed by atoms with van der Waals surface area (Å²) in [5.41, 5.74) is -2.14. The normalized spacial score (nSPS) is 11.1. The molecule has 0 fully saturated rings. The Labute approximate surface area is 175 Å². The maximum atomic E-state index is 13.9. The van der Waals surface area contributed by atoms with E-state index in [4.69, 9.17) is 18.0 Å². The van der Waals surface area contributed by atoms with Crippen LogP contribution in [0.4, 0.5) is 10.1 Å². The number of phenolic OH excluding ortho intramolecular Hbond substituents is 1. The first kappa shape index (κ1) is 22.2. The lowest BCUT2D eigenvalue weighted by Gasteiger charge is -2.18. The summed E-state index contributed by atoms with van der Waals surface area (Å²) in [7, 11) is 1.26. The summed E-state index contributed by atoms with van der Waals surface area (Å²) >= 11 is 5.82. The van der Waals surface area contributed by atoms with Gasteiger partial charge in [0.25, 0.3) is 5.91 Å². The molecule has 2 N–H and O–H groups in total. The molecule has 0 radical (unpaired) electrons. The number of halogens is 2. The topological polar surface area (TPSA) is 128 Å². The lowest BCUT2D eigenvalue weighted by atomic mass is 10.0. The molecule has 30 heavy (non-hydrogen) atoms. The largest absolute Gasteiger partial charge is 0.506 e. The van der Waals surface area contributed by atoms with Crippen LogP contribution in [-0.2, 0) is 11.3 Å². The highest BCUT2D eigenvalue weighted by Gasteiger charge is 2.25. The van der Waals surface area contributed by atoms with Gasteiger partial charge in [-0.3, -0.25) is 14.9 Å². The van der Waals surface area contributed by atoms with Crippen molar-refractivity contribution in [1.29, 1.82) is 5.26 Å². The van der Waals surface area contributed by atoms with Gasteiger partial charge >= 0.3 is 5.69 Å². The summed E-state index contributed by atoms with van der Waals surface area (Å²) in [5, 5.41) is 40.9. The number of nitrogens with zero attached hydrogens (tertiary/aromatic N) is 3. The van der Waals surface area contributed by atoms with Crippen LogP contribution in [0, 0.1) is 39.6 Å². The standard InChI is InChI=1S/C20H13ClFN3O5/c1-3-11-6-12(8-17(19(11)27)25(29)30)18(26)15(9-23)20(28)24(2)10-13-7-14(21)4-5-16(13)22/h1,4-8,26-27H,10H2,2H3/b18-15-. The van der Waals surface area contributed by atoms with E-state index in [9.17, 15) is 34.8 Å². The summed E-state index contributed by atoms with van der Waals surface area (Å²) in [6, 6.07) is 7.06. The van der Waals surface area contributed by atoms with Crippen molar-refractivity contribution >= 4 is 29.0 Å². The van der Waals surface area contributed by atoms with Crippen molar-refractivity contribution in [2.24, 2.45) is 0 Å². The van der Waals surface area contributed by atoms with E-state index >= 15 is 0 Å². The number of nitro groups is 1. The number of aliphatic hydroxyl groups is 1. The second kappa shape index (κ2) is 8.95. The quantitative estimate of drug-likeness (QED) is 0.187. The summed E-state index contributed by atoms with van der Waals surface area (Å²) in [5.74, 6) is -1.27. The Bertz CT molecular complexity index is 1160. The van der Waals surface area contributed by atoms with Crippen molar-refractivity contribution in [2.75, 3.05) is 7.05 Å². The first-order chi connectivity index (χ1) is 14.1. The molecule has 0 aliphatic carbocycles. The van der Waals surface area contributed by atoms with E-state index in [-0.39, 0.29) is 28.3 Å². The van der Waals surface area contributed by atoms with Crippen LogP contribution >= 0.6 is 11.6 Å². The van der Waals surface area contributed by atoms with E-state index in [1.54, 1.807) is 0 Å². The second-order valence-electron chi connectivity index (χ2n) is 6.03. The highest BCUT2D eigenvalue weighted by atomic mass is 35.5. The number of likely N-dealkylation sites (N-methyl/N-ethyl adjacent to an activating group) is 1. The first-order valence-corrected chi connectivity index (χ1v) is 8.49. The third kappa shape index (κ3) is 4.49. The number of carbonyl (C=O) groups is 1. The zero-order valence-electron chi connectivity index (χ0n) is 15.4. The van der Waals surface area contributed by atoms with Crippen molar-refractivity contribution in [2.45, 2.75) is 6.54 Å². The van der Waals surface area contributed by atoms with Crippen LogP contribution in [0.2, 0.25) is 5.02 Å². The molecule has 0 aliphatic heterocycles. The number of rotatable bonds is 5. The molecule has 2 aromatic rings. The first-order valence-electron chi connectivity index (χ1n) is 8.11. The number of terminal acetylenes is 1. The van der Waals surface area contributed by atoms with Crippen LogP contribution < -0.4 is 0 Å². The molecule has 0 atom stereocenters. The molecular weight excluding hydrogens is 417 g/mol. The van der Waals surface area contributed by atoms with Gasteiger partial charge < -0.3 is 15.1 Å². The zero-order valence-corrected chi connectivity index (χ0v) is 16.1. The molecule has 0 heterocycles. The van der Waals surface area contributed by atoms with Crippen LogP contribution in [-0.4, -0.2) is 33.0 Å². The fraction of sp³-hybridized carbons (Fsp3) is 0.100. The number of aliphatic hydroxyl groups excluding tert-OH is 1. The van der Waals surface area contributed by atoms with Gasteiger partial charge in [0.05, 0.1) is 10.5 Å². The van der Waals surface area contributed by atoms with Crippen molar-refractivity contribution < 1.29 is 24.3 Å². The summed E-state index contributed by atoms with van der Waals surface area (Å²) < 4.78 is 13.9. The number of aromatic hydroxyl groups is 1. The van der Waals surface area contributed by atoms with Gasteiger partial charge in [0.2, 0.25) is 5.75 Å². The number of hydrogen-bond acceptors (Lipinski definition) is 6. The SMILES string of the molecule is C#Cc1cc(/C(O)=C(\C#N)C(=O)N(C)Cc2cc(Cl)ccc2F)cc([N+](=O)[O-])c1O. The molecule has 0 unspecified atom stereocenters. The predicted octanol–water partition coefficient (Wildman–Crippen LogP) is 3.53. The number of hydrogen-bond donors (Lipinski definition) is 2. The molecule has 0 bridgehead atoms. The zero-order chi connectivity index (χ0) is 22.6.